The predicted molar refractivity (Wildman–Crippen MR) is 79.8 cm³/mol. The van der Waals surface area contributed by atoms with Crippen LogP contribution in [0.2, 0.25) is 0 Å². The number of para-hydroxylation sites is 2. The summed E-state index contributed by atoms with van der Waals surface area (Å²) in [6, 6.07) is 14.4. The van der Waals surface area contributed by atoms with Crippen molar-refractivity contribution >= 4 is 28.9 Å². The highest BCUT2D eigenvalue weighted by Crippen LogP contribution is 2.35. The van der Waals surface area contributed by atoms with Crippen molar-refractivity contribution in [1.82, 2.24) is 0 Å². The summed E-state index contributed by atoms with van der Waals surface area (Å²) in [6.07, 6.45) is -0.180. The predicted octanol–water partition coefficient (Wildman–Crippen LogP) is 2.70. The number of carbonyl (C=O) groups excluding carboxylic acids is 2. The molecular formula is C16H14N2O3. The molecule has 0 aliphatic carbocycles. The molecule has 0 unspecified atom stereocenters. The zero-order valence-electron chi connectivity index (χ0n) is 11.5. The molecule has 0 radical (unpaired) electrons. The summed E-state index contributed by atoms with van der Waals surface area (Å²) in [5.41, 5.74) is 1.99. The van der Waals surface area contributed by atoms with Crippen molar-refractivity contribution in [2.75, 3.05) is 17.3 Å². The number of methoxy groups -OCH3 is 1. The molecule has 1 heterocycles. The van der Waals surface area contributed by atoms with Gasteiger partial charge in [-0.1, -0.05) is 12.1 Å². The molecule has 0 aromatic heterocycles. The van der Waals surface area contributed by atoms with Crippen LogP contribution in [0.5, 0.6) is 5.75 Å². The molecule has 106 valence electrons. The lowest BCUT2D eigenvalue weighted by molar-refractivity contribution is -0.124. The van der Waals surface area contributed by atoms with Crippen molar-refractivity contribution in [1.29, 1.82) is 0 Å². The molecule has 3 rings (SSSR count). The average molecular weight is 282 g/mol. The number of anilines is 3. The van der Waals surface area contributed by atoms with Crippen LogP contribution in [0.15, 0.2) is 48.5 Å². The molecule has 5 heteroatoms. The molecule has 1 aliphatic rings. The molecule has 0 atom stereocenters. The van der Waals surface area contributed by atoms with Gasteiger partial charge in [0.05, 0.1) is 18.5 Å². The lowest BCUT2D eigenvalue weighted by Gasteiger charge is -2.22. The number of hydrogen-bond donors (Lipinski definition) is 1. The second-order valence-electron chi connectivity index (χ2n) is 4.67. The van der Waals surface area contributed by atoms with Crippen LogP contribution in [-0.4, -0.2) is 18.9 Å². The van der Waals surface area contributed by atoms with Gasteiger partial charge in [-0.15, -0.1) is 0 Å². The van der Waals surface area contributed by atoms with Crippen LogP contribution in [0.3, 0.4) is 0 Å². The Kier molecular flexibility index (Phi) is 3.31. The molecule has 2 aromatic carbocycles. The van der Waals surface area contributed by atoms with Gasteiger partial charge in [0.15, 0.2) is 0 Å². The van der Waals surface area contributed by atoms with Crippen molar-refractivity contribution in [3.8, 4) is 5.75 Å². The highest BCUT2D eigenvalue weighted by atomic mass is 16.5. The summed E-state index contributed by atoms with van der Waals surface area (Å²) in [5, 5.41) is 2.75. The molecule has 2 aromatic rings. The number of benzene rings is 2. The molecular weight excluding hydrogens is 268 g/mol. The summed E-state index contributed by atoms with van der Waals surface area (Å²) >= 11 is 0. The number of carbonyl (C=O) groups is 2. The van der Waals surface area contributed by atoms with Crippen molar-refractivity contribution < 1.29 is 14.3 Å². The van der Waals surface area contributed by atoms with Gasteiger partial charge < -0.3 is 10.1 Å². The van der Waals surface area contributed by atoms with Crippen LogP contribution in [0, 0.1) is 0 Å². The number of ether oxygens (including phenoxy) is 1. The normalized spacial score (nSPS) is 14.2. The Hall–Kier alpha value is -2.82. The van der Waals surface area contributed by atoms with Gasteiger partial charge in [-0.05, 0) is 36.4 Å². The highest BCUT2D eigenvalue weighted by molar-refractivity contribution is 6.17. The van der Waals surface area contributed by atoms with E-state index >= 15 is 0 Å². The van der Waals surface area contributed by atoms with Crippen LogP contribution >= 0.6 is 0 Å². The second kappa shape index (κ2) is 5.28. The lowest BCUT2D eigenvalue weighted by atomic mass is 10.2. The van der Waals surface area contributed by atoms with E-state index in [-0.39, 0.29) is 18.2 Å². The summed E-state index contributed by atoms with van der Waals surface area (Å²) in [6.45, 7) is 0. The fourth-order valence-electron chi connectivity index (χ4n) is 2.33. The third-order valence-corrected chi connectivity index (χ3v) is 3.31. The Balaban J connectivity index is 2.10. The fourth-order valence-corrected chi connectivity index (χ4v) is 2.33. The van der Waals surface area contributed by atoms with Crippen molar-refractivity contribution in [2.45, 2.75) is 6.42 Å². The van der Waals surface area contributed by atoms with Crippen molar-refractivity contribution in [2.24, 2.45) is 0 Å². The Morgan fingerprint density at radius 1 is 1.05 bits per heavy atom. The summed E-state index contributed by atoms with van der Waals surface area (Å²) in [4.78, 5) is 25.7. The van der Waals surface area contributed by atoms with Gasteiger partial charge in [0, 0.05) is 5.69 Å². The van der Waals surface area contributed by atoms with Crippen LogP contribution < -0.4 is 15.0 Å². The molecule has 1 aliphatic heterocycles. The quantitative estimate of drug-likeness (QED) is 0.862. The van der Waals surface area contributed by atoms with Gasteiger partial charge in [0.25, 0.3) is 0 Å². The number of fused-ring (bicyclic) bond motifs is 1. The van der Waals surface area contributed by atoms with Crippen LogP contribution in [0.25, 0.3) is 0 Å². The minimum Gasteiger partial charge on any atom is -0.497 e. The van der Waals surface area contributed by atoms with E-state index in [2.05, 4.69) is 5.32 Å². The van der Waals surface area contributed by atoms with Gasteiger partial charge in [-0.2, -0.15) is 0 Å². The van der Waals surface area contributed by atoms with Crippen molar-refractivity contribution in [3.63, 3.8) is 0 Å². The van der Waals surface area contributed by atoms with E-state index in [0.717, 1.165) is 0 Å². The third kappa shape index (κ3) is 2.45. The molecule has 21 heavy (non-hydrogen) atoms. The molecule has 0 saturated heterocycles. The molecule has 1 N–H and O–H groups in total. The SMILES string of the molecule is COc1ccc(N2C(=O)CC(=O)Nc3ccccc32)cc1. The number of amides is 2. The van der Waals surface area contributed by atoms with E-state index in [9.17, 15) is 9.59 Å². The Labute approximate surface area is 122 Å². The molecule has 5 nitrogen and oxygen atoms in total. The van der Waals surface area contributed by atoms with E-state index in [1.54, 1.807) is 42.3 Å². The summed E-state index contributed by atoms with van der Waals surface area (Å²) in [5.74, 6) is 0.148. The standard InChI is InChI=1S/C16H14N2O3/c1-21-12-8-6-11(7-9-12)18-14-5-3-2-4-13(14)17-15(19)10-16(18)20/h2-9H,10H2,1H3,(H,17,19). The largest absolute Gasteiger partial charge is 0.497 e. The van der Waals surface area contributed by atoms with Gasteiger partial charge >= 0.3 is 0 Å². The molecule has 2 amide bonds. The maximum Gasteiger partial charge on any atom is 0.241 e. The molecule has 0 spiro atoms. The highest BCUT2D eigenvalue weighted by Gasteiger charge is 2.27. The summed E-state index contributed by atoms with van der Waals surface area (Å²) in [7, 11) is 1.59. The van der Waals surface area contributed by atoms with Gasteiger partial charge in [-0.25, -0.2) is 0 Å². The van der Waals surface area contributed by atoms with E-state index in [4.69, 9.17) is 4.74 Å². The molecule has 0 fully saturated rings. The average Bonchev–Trinajstić information content (AvgIpc) is 2.62. The number of nitrogens with one attached hydrogen (secondary N) is 1. The van der Waals surface area contributed by atoms with Gasteiger partial charge in [0.2, 0.25) is 11.8 Å². The van der Waals surface area contributed by atoms with E-state index in [0.29, 0.717) is 22.8 Å². The van der Waals surface area contributed by atoms with Crippen LogP contribution in [0.1, 0.15) is 6.42 Å². The second-order valence-corrected chi connectivity index (χ2v) is 4.67. The van der Waals surface area contributed by atoms with Crippen molar-refractivity contribution in [3.05, 3.63) is 48.5 Å². The summed E-state index contributed by atoms with van der Waals surface area (Å²) < 4.78 is 5.12. The first kappa shape index (κ1) is 13.2. The van der Waals surface area contributed by atoms with Crippen LogP contribution in [0.4, 0.5) is 17.1 Å². The van der Waals surface area contributed by atoms with Gasteiger partial charge in [0.1, 0.15) is 12.2 Å². The number of nitrogens with zero attached hydrogens (tertiary/aromatic N) is 1. The van der Waals surface area contributed by atoms with Crippen LogP contribution in [-0.2, 0) is 9.59 Å². The zero-order chi connectivity index (χ0) is 14.8. The molecule has 0 bridgehead atoms. The zero-order valence-corrected chi connectivity index (χ0v) is 11.5. The Morgan fingerprint density at radius 3 is 2.48 bits per heavy atom. The monoisotopic (exact) mass is 282 g/mol. The topological polar surface area (TPSA) is 58.6 Å². The lowest BCUT2D eigenvalue weighted by Crippen LogP contribution is -2.26. The maximum atomic E-state index is 12.4. The first-order valence-electron chi connectivity index (χ1n) is 6.55. The van der Waals surface area contributed by atoms with E-state index in [1.165, 1.54) is 0 Å². The number of rotatable bonds is 2. The van der Waals surface area contributed by atoms with E-state index in [1.807, 2.05) is 18.2 Å². The first-order valence-corrected chi connectivity index (χ1v) is 6.55. The Morgan fingerprint density at radius 2 is 1.76 bits per heavy atom. The van der Waals surface area contributed by atoms with E-state index < -0.39 is 0 Å². The Bertz CT molecular complexity index is 695. The first-order chi connectivity index (χ1) is 10.2. The van der Waals surface area contributed by atoms with Gasteiger partial charge in [-0.3, -0.25) is 14.5 Å². The third-order valence-electron chi connectivity index (χ3n) is 3.31. The fraction of sp³-hybridized carbons (Fsp3) is 0.125. The molecule has 0 saturated carbocycles. The smallest absolute Gasteiger partial charge is 0.241 e. The minimum absolute atomic E-state index is 0.180. The minimum atomic E-state index is -0.302. The maximum absolute atomic E-state index is 12.4. The number of hydrogen-bond acceptors (Lipinski definition) is 3.